The standard InChI is InChI=1S/C20H16ClN3O3S2/c21-17-3-1-2-14-8-10-24(20(14)17)12-18(25)23-15-4-6-16(7-5-15)29(26,27)13-19-22-9-11-28-19/h1-11H,12-13H2,(H,23,25). The highest BCUT2D eigenvalue weighted by Crippen LogP contribution is 2.24. The number of para-hydroxylation sites is 1. The molecule has 2 aromatic heterocycles. The number of anilines is 1. The molecule has 0 atom stereocenters. The Balaban J connectivity index is 1.45. The molecule has 0 saturated heterocycles. The van der Waals surface area contributed by atoms with Crippen molar-refractivity contribution in [3.63, 3.8) is 0 Å². The summed E-state index contributed by atoms with van der Waals surface area (Å²) in [6, 6.07) is 13.6. The van der Waals surface area contributed by atoms with Gasteiger partial charge in [-0.3, -0.25) is 4.79 Å². The Morgan fingerprint density at radius 1 is 1.14 bits per heavy atom. The molecule has 148 valence electrons. The van der Waals surface area contributed by atoms with Crippen LogP contribution in [0.25, 0.3) is 10.9 Å². The zero-order valence-corrected chi connectivity index (χ0v) is 17.5. The van der Waals surface area contributed by atoms with Crippen LogP contribution in [0, 0.1) is 0 Å². The van der Waals surface area contributed by atoms with E-state index in [4.69, 9.17) is 11.6 Å². The van der Waals surface area contributed by atoms with Gasteiger partial charge in [0.2, 0.25) is 5.91 Å². The van der Waals surface area contributed by atoms with E-state index in [0.717, 1.165) is 10.9 Å². The molecule has 6 nitrogen and oxygen atoms in total. The lowest BCUT2D eigenvalue weighted by molar-refractivity contribution is -0.116. The molecule has 0 saturated carbocycles. The molecule has 29 heavy (non-hydrogen) atoms. The number of nitrogens with zero attached hydrogens (tertiary/aromatic N) is 2. The second kappa shape index (κ2) is 7.98. The number of fused-ring (bicyclic) bond motifs is 1. The number of amides is 1. The molecular formula is C20H16ClN3O3S2. The summed E-state index contributed by atoms with van der Waals surface area (Å²) in [6.45, 7) is 0.0946. The highest BCUT2D eigenvalue weighted by Gasteiger charge is 2.17. The molecular weight excluding hydrogens is 430 g/mol. The number of sulfone groups is 1. The van der Waals surface area contributed by atoms with Crippen molar-refractivity contribution in [1.82, 2.24) is 9.55 Å². The van der Waals surface area contributed by atoms with Crippen LogP contribution in [-0.2, 0) is 26.9 Å². The summed E-state index contributed by atoms with van der Waals surface area (Å²) in [7, 11) is -3.48. The van der Waals surface area contributed by atoms with Gasteiger partial charge in [-0.15, -0.1) is 11.3 Å². The van der Waals surface area contributed by atoms with Crippen LogP contribution in [0.3, 0.4) is 0 Å². The number of hydrogen-bond acceptors (Lipinski definition) is 5. The molecule has 0 aliphatic heterocycles. The van der Waals surface area contributed by atoms with Crippen molar-refractivity contribution in [3.05, 3.63) is 76.3 Å². The van der Waals surface area contributed by atoms with E-state index < -0.39 is 9.84 Å². The van der Waals surface area contributed by atoms with Gasteiger partial charge < -0.3 is 9.88 Å². The number of thiazole rings is 1. The Hall–Kier alpha value is -2.68. The number of nitrogens with one attached hydrogen (secondary N) is 1. The lowest BCUT2D eigenvalue weighted by atomic mass is 10.2. The van der Waals surface area contributed by atoms with Gasteiger partial charge in [-0.25, -0.2) is 13.4 Å². The molecule has 0 bridgehead atoms. The molecule has 0 radical (unpaired) electrons. The summed E-state index contributed by atoms with van der Waals surface area (Å²) in [4.78, 5) is 16.6. The Kier molecular flexibility index (Phi) is 5.40. The fourth-order valence-electron chi connectivity index (χ4n) is 3.02. The zero-order valence-electron chi connectivity index (χ0n) is 15.1. The summed E-state index contributed by atoms with van der Waals surface area (Å²) < 4.78 is 26.7. The van der Waals surface area contributed by atoms with Crippen molar-refractivity contribution in [3.8, 4) is 0 Å². The molecule has 9 heteroatoms. The summed E-state index contributed by atoms with van der Waals surface area (Å²) in [5.74, 6) is -0.376. The van der Waals surface area contributed by atoms with E-state index in [0.29, 0.717) is 15.7 Å². The Labute approximate surface area is 176 Å². The molecule has 4 rings (SSSR count). The van der Waals surface area contributed by atoms with Gasteiger partial charge in [-0.1, -0.05) is 23.7 Å². The number of aromatic nitrogens is 2. The number of benzene rings is 2. The highest BCUT2D eigenvalue weighted by molar-refractivity contribution is 7.90. The van der Waals surface area contributed by atoms with Crippen molar-refractivity contribution in [2.75, 3.05) is 5.32 Å². The van der Waals surface area contributed by atoms with Crippen molar-refractivity contribution in [2.24, 2.45) is 0 Å². The summed E-state index contributed by atoms with van der Waals surface area (Å²) >= 11 is 7.55. The Morgan fingerprint density at radius 2 is 1.93 bits per heavy atom. The van der Waals surface area contributed by atoms with E-state index >= 15 is 0 Å². The van der Waals surface area contributed by atoms with E-state index in [1.165, 1.54) is 23.5 Å². The van der Waals surface area contributed by atoms with E-state index in [1.54, 1.807) is 34.3 Å². The molecule has 2 heterocycles. The first-order chi connectivity index (χ1) is 13.9. The van der Waals surface area contributed by atoms with Crippen LogP contribution < -0.4 is 5.32 Å². The van der Waals surface area contributed by atoms with E-state index in [9.17, 15) is 13.2 Å². The average Bonchev–Trinajstić information content (AvgIpc) is 3.32. The van der Waals surface area contributed by atoms with Crippen LogP contribution in [0.4, 0.5) is 5.69 Å². The SMILES string of the molecule is O=C(Cn1ccc2cccc(Cl)c21)Nc1ccc(S(=O)(=O)Cc2nccs2)cc1. The normalized spacial score (nSPS) is 11.6. The number of hydrogen-bond donors (Lipinski definition) is 1. The Morgan fingerprint density at radius 3 is 2.66 bits per heavy atom. The maximum absolute atomic E-state index is 12.5. The highest BCUT2D eigenvalue weighted by atomic mass is 35.5. The van der Waals surface area contributed by atoms with Gasteiger partial charge in [0.15, 0.2) is 9.84 Å². The second-order valence-corrected chi connectivity index (χ2v) is 9.75. The van der Waals surface area contributed by atoms with Crippen LogP contribution in [-0.4, -0.2) is 23.9 Å². The number of carbonyl (C=O) groups excluding carboxylic acids is 1. The van der Waals surface area contributed by atoms with Crippen LogP contribution in [0.2, 0.25) is 5.02 Å². The van der Waals surface area contributed by atoms with Gasteiger partial charge in [0, 0.05) is 28.8 Å². The predicted octanol–water partition coefficient (Wildman–Crippen LogP) is 4.36. The van der Waals surface area contributed by atoms with Gasteiger partial charge in [-0.2, -0.15) is 0 Å². The summed E-state index contributed by atoms with van der Waals surface area (Å²) in [6.07, 6.45) is 3.39. The number of halogens is 1. The van der Waals surface area contributed by atoms with Crippen LogP contribution in [0.5, 0.6) is 0 Å². The number of rotatable bonds is 6. The molecule has 1 N–H and O–H groups in total. The minimum Gasteiger partial charge on any atom is -0.337 e. The van der Waals surface area contributed by atoms with E-state index in [1.807, 2.05) is 24.4 Å². The van der Waals surface area contributed by atoms with E-state index in [-0.39, 0.29) is 23.1 Å². The third-order valence-corrected chi connectivity index (χ3v) is 7.26. The fraction of sp³-hybridized carbons (Fsp3) is 0.100. The van der Waals surface area contributed by atoms with Gasteiger partial charge in [0.1, 0.15) is 17.3 Å². The first-order valence-electron chi connectivity index (χ1n) is 8.67. The van der Waals surface area contributed by atoms with Crippen LogP contribution in [0.1, 0.15) is 5.01 Å². The predicted molar refractivity (Wildman–Crippen MR) is 115 cm³/mol. The molecule has 1 amide bonds. The third kappa shape index (κ3) is 4.34. The summed E-state index contributed by atoms with van der Waals surface area (Å²) in [5.41, 5.74) is 1.32. The average molecular weight is 446 g/mol. The van der Waals surface area contributed by atoms with Gasteiger partial charge in [0.25, 0.3) is 0 Å². The third-order valence-electron chi connectivity index (χ3n) is 4.35. The maximum Gasteiger partial charge on any atom is 0.244 e. The minimum absolute atomic E-state index is 0.0946. The molecule has 0 fully saturated rings. The molecule has 0 unspecified atom stereocenters. The molecule has 0 spiro atoms. The first kappa shape index (κ1) is 19.6. The van der Waals surface area contributed by atoms with Gasteiger partial charge >= 0.3 is 0 Å². The minimum atomic E-state index is -3.48. The second-order valence-electron chi connectivity index (χ2n) is 6.38. The lowest BCUT2D eigenvalue weighted by Gasteiger charge is -2.09. The quantitative estimate of drug-likeness (QED) is 0.478. The molecule has 0 aliphatic carbocycles. The van der Waals surface area contributed by atoms with Crippen LogP contribution in [0.15, 0.2) is 71.2 Å². The van der Waals surface area contributed by atoms with Gasteiger partial charge in [0.05, 0.1) is 15.4 Å². The lowest BCUT2D eigenvalue weighted by Crippen LogP contribution is -2.18. The van der Waals surface area contributed by atoms with Crippen molar-refractivity contribution >= 4 is 55.3 Å². The van der Waals surface area contributed by atoms with Crippen LogP contribution >= 0.6 is 22.9 Å². The number of carbonyl (C=O) groups is 1. The van der Waals surface area contributed by atoms with Crippen molar-refractivity contribution < 1.29 is 13.2 Å². The monoisotopic (exact) mass is 445 g/mol. The summed E-state index contributed by atoms with van der Waals surface area (Å²) in [5, 5.41) is 6.60. The fourth-order valence-corrected chi connectivity index (χ4v) is 5.56. The topological polar surface area (TPSA) is 81.1 Å². The van der Waals surface area contributed by atoms with Crippen molar-refractivity contribution in [1.29, 1.82) is 0 Å². The Bertz CT molecular complexity index is 1260. The van der Waals surface area contributed by atoms with Gasteiger partial charge in [-0.05, 0) is 36.4 Å². The molecule has 2 aromatic carbocycles. The van der Waals surface area contributed by atoms with E-state index in [2.05, 4.69) is 10.3 Å². The molecule has 4 aromatic rings. The first-order valence-corrected chi connectivity index (χ1v) is 11.6. The maximum atomic E-state index is 12.5. The zero-order chi connectivity index (χ0) is 20.4. The van der Waals surface area contributed by atoms with Crippen molar-refractivity contribution in [2.45, 2.75) is 17.2 Å². The molecule has 0 aliphatic rings. The largest absolute Gasteiger partial charge is 0.337 e. The smallest absolute Gasteiger partial charge is 0.244 e.